The van der Waals surface area contributed by atoms with Crippen LogP contribution >= 0.6 is 0 Å². The van der Waals surface area contributed by atoms with Crippen LogP contribution in [0.25, 0.3) is 0 Å². The van der Waals surface area contributed by atoms with Crippen molar-refractivity contribution in [1.82, 2.24) is 0 Å². The minimum absolute atomic E-state index is 0.962. The van der Waals surface area contributed by atoms with Gasteiger partial charge < -0.3 is 0 Å². The number of benzene rings is 1. The van der Waals surface area contributed by atoms with Gasteiger partial charge in [0, 0.05) is 11.9 Å². The maximum absolute atomic E-state index is 4.33. The normalized spacial score (nSPS) is 12.1. The zero-order valence-electron chi connectivity index (χ0n) is 9.62. The molecule has 0 amide bonds. The highest BCUT2D eigenvalue weighted by Gasteiger charge is 1.92. The maximum atomic E-state index is 4.33. The largest absolute Gasteiger partial charge is 0.261 e. The van der Waals surface area contributed by atoms with Gasteiger partial charge in [0.15, 0.2) is 0 Å². The lowest BCUT2D eigenvalue weighted by molar-refractivity contribution is 1.31. The van der Waals surface area contributed by atoms with Gasteiger partial charge in [0.05, 0.1) is 0 Å². The molecule has 1 aromatic carbocycles. The van der Waals surface area contributed by atoms with Crippen molar-refractivity contribution in [2.75, 3.05) is 0 Å². The number of aryl methyl sites for hydroxylation is 2. The predicted molar refractivity (Wildman–Crippen MR) is 67.5 cm³/mol. The molecule has 1 heteroatoms. The fourth-order valence-corrected chi connectivity index (χ4v) is 1.47. The van der Waals surface area contributed by atoms with Crippen molar-refractivity contribution in [3.05, 3.63) is 59.3 Å². The molecule has 0 radical (unpaired) electrons. The van der Waals surface area contributed by atoms with Crippen molar-refractivity contribution in [1.29, 1.82) is 0 Å². The fourth-order valence-electron chi connectivity index (χ4n) is 1.47. The number of allylic oxidation sites excluding steroid dienone is 3. The Morgan fingerprint density at radius 1 is 1.20 bits per heavy atom. The second-order valence-electron chi connectivity index (χ2n) is 3.72. The van der Waals surface area contributed by atoms with Crippen LogP contribution in [0.3, 0.4) is 0 Å². The summed E-state index contributed by atoms with van der Waals surface area (Å²) in [7, 11) is 0. The molecule has 1 nitrogen and oxygen atoms in total. The fraction of sp³-hybridized carbons (Fsp3) is 0.214. The third kappa shape index (κ3) is 3.94. The first-order valence-corrected chi connectivity index (χ1v) is 5.03. The summed E-state index contributed by atoms with van der Waals surface area (Å²) in [6.45, 7) is 9.78. The monoisotopic (exact) mass is 199 g/mol. The summed E-state index contributed by atoms with van der Waals surface area (Å²) in [4.78, 5) is 4.33. The van der Waals surface area contributed by atoms with Gasteiger partial charge in [-0.3, -0.25) is 4.99 Å². The first-order chi connectivity index (χ1) is 7.11. The van der Waals surface area contributed by atoms with E-state index in [2.05, 4.69) is 43.6 Å². The van der Waals surface area contributed by atoms with Crippen molar-refractivity contribution >= 4 is 6.21 Å². The van der Waals surface area contributed by atoms with E-state index in [1.165, 1.54) is 11.1 Å². The van der Waals surface area contributed by atoms with Crippen LogP contribution in [0.4, 0.5) is 0 Å². The Labute approximate surface area is 91.9 Å². The molecule has 0 N–H and O–H groups in total. The topological polar surface area (TPSA) is 12.4 Å². The summed E-state index contributed by atoms with van der Waals surface area (Å²) >= 11 is 0. The number of rotatable bonds is 3. The molecule has 0 aliphatic rings. The maximum Gasteiger partial charge on any atom is 0.0372 e. The minimum Gasteiger partial charge on any atom is -0.261 e. The Morgan fingerprint density at radius 2 is 1.80 bits per heavy atom. The standard InChI is InChI=1S/C14H17N/c1-5-6-13(4)15-10-14-8-11(2)7-12(3)9-14/h5-10H,1H2,2-4H3/b13-6+,15-10?. The Hall–Kier alpha value is -1.63. The molecule has 0 saturated heterocycles. The molecule has 0 aromatic heterocycles. The molecule has 0 bridgehead atoms. The van der Waals surface area contributed by atoms with Crippen LogP contribution in [-0.4, -0.2) is 6.21 Å². The first-order valence-electron chi connectivity index (χ1n) is 5.03. The second kappa shape index (κ2) is 5.30. The lowest BCUT2D eigenvalue weighted by atomic mass is 10.1. The van der Waals surface area contributed by atoms with Gasteiger partial charge >= 0.3 is 0 Å². The van der Waals surface area contributed by atoms with Crippen LogP contribution in [0.5, 0.6) is 0 Å². The molecule has 0 heterocycles. The molecule has 1 rings (SSSR count). The Balaban J connectivity index is 2.89. The van der Waals surface area contributed by atoms with Crippen molar-refractivity contribution in [3.63, 3.8) is 0 Å². The molecular formula is C14H17N. The molecule has 0 aliphatic carbocycles. The van der Waals surface area contributed by atoms with Crippen LogP contribution in [0, 0.1) is 13.8 Å². The van der Waals surface area contributed by atoms with Crippen LogP contribution in [0.15, 0.2) is 47.6 Å². The van der Waals surface area contributed by atoms with Crippen molar-refractivity contribution in [3.8, 4) is 0 Å². The third-order valence-electron chi connectivity index (χ3n) is 2.02. The predicted octanol–water partition coefficient (Wildman–Crippen LogP) is 3.81. The van der Waals surface area contributed by atoms with Crippen LogP contribution in [0.1, 0.15) is 23.6 Å². The van der Waals surface area contributed by atoms with Gasteiger partial charge in [-0.1, -0.05) is 42.0 Å². The number of hydrogen-bond acceptors (Lipinski definition) is 1. The number of hydrogen-bond donors (Lipinski definition) is 0. The van der Waals surface area contributed by atoms with Crippen LogP contribution in [0.2, 0.25) is 0 Å². The summed E-state index contributed by atoms with van der Waals surface area (Å²) < 4.78 is 0. The zero-order valence-corrected chi connectivity index (χ0v) is 9.62. The van der Waals surface area contributed by atoms with E-state index in [0.717, 1.165) is 11.3 Å². The minimum atomic E-state index is 0.962. The molecule has 0 spiro atoms. The van der Waals surface area contributed by atoms with Gasteiger partial charge in [-0.25, -0.2) is 0 Å². The van der Waals surface area contributed by atoms with Crippen LogP contribution in [-0.2, 0) is 0 Å². The average molecular weight is 199 g/mol. The smallest absolute Gasteiger partial charge is 0.0372 e. The molecule has 0 unspecified atom stereocenters. The Kier molecular flexibility index (Phi) is 4.04. The van der Waals surface area contributed by atoms with E-state index in [1.54, 1.807) is 6.08 Å². The van der Waals surface area contributed by atoms with Crippen molar-refractivity contribution in [2.24, 2.45) is 4.99 Å². The molecule has 78 valence electrons. The molecule has 0 saturated carbocycles. The molecule has 15 heavy (non-hydrogen) atoms. The summed E-state index contributed by atoms with van der Waals surface area (Å²) in [5.74, 6) is 0. The SMILES string of the molecule is C=C/C=C(\C)N=Cc1cc(C)cc(C)c1. The highest BCUT2D eigenvalue weighted by Crippen LogP contribution is 2.07. The average Bonchev–Trinajstić information content (AvgIpc) is 2.14. The van der Waals surface area contributed by atoms with E-state index in [4.69, 9.17) is 0 Å². The van der Waals surface area contributed by atoms with E-state index in [9.17, 15) is 0 Å². The third-order valence-corrected chi connectivity index (χ3v) is 2.02. The molecule has 0 atom stereocenters. The van der Waals surface area contributed by atoms with Crippen LogP contribution < -0.4 is 0 Å². The number of aliphatic imine (C=N–C) groups is 1. The van der Waals surface area contributed by atoms with Gasteiger partial charge in [-0.15, -0.1) is 0 Å². The molecule has 1 aromatic rings. The Bertz CT molecular complexity index is 391. The van der Waals surface area contributed by atoms with E-state index < -0.39 is 0 Å². The van der Waals surface area contributed by atoms with E-state index >= 15 is 0 Å². The van der Waals surface area contributed by atoms with Gasteiger partial charge in [-0.05, 0) is 32.4 Å². The quantitative estimate of drug-likeness (QED) is 0.518. The van der Waals surface area contributed by atoms with E-state index in [-0.39, 0.29) is 0 Å². The van der Waals surface area contributed by atoms with Crippen molar-refractivity contribution in [2.45, 2.75) is 20.8 Å². The summed E-state index contributed by atoms with van der Waals surface area (Å²) in [5, 5.41) is 0. The Morgan fingerprint density at radius 3 is 2.33 bits per heavy atom. The molecular weight excluding hydrogens is 182 g/mol. The van der Waals surface area contributed by atoms with Gasteiger partial charge in [0.25, 0.3) is 0 Å². The van der Waals surface area contributed by atoms with E-state index in [0.29, 0.717) is 0 Å². The van der Waals surface area contributed by atoms with Gasteiger partial charge in [0.2, 0.25) is 0 Å². The van der Waals surface area contributed by atoms with Gasteiger partial charge in [-0.2, -0.15) is 0 Å². The zero-order chi connectivity index (χ0) is 11.3. The lowest BCUT2D eigenvalue weighted by Gasteiger charge is -1.99. The number of nitrogens with zero attached hydrogens (tertiary/aromatic N) is 1. The second-order valence-corrected chi connectivity index (χ2v) is 3.72. The summed E-state index contributed by atoms with van der Waals surface area (Å²) in [6, 6.07) is 6.40. The first kappa shape index (κ1) is 11.4. The summed E-state index contributed by atoms with van der Waals surface area (Å²) in [6.07, 6.45) is 5.52. The van der Waals surface area contributed by atoms with E-state index in [1.807, 2.05) is 19.2 Å². The highest BCUT2D eigenvalue weighted by atomic mass is 14.7. The summed E-state index contributed by atoms with van der Waals surface area (Å²) in [5.41, 5.74) is 4.64. The highest BCUT2D eigenvalue weighted by molar-refractivity contribution is 5.81. The molecule has 0 aliphatic heterocycles. The van der Waals surface area contributed by atoms with Crippen molar-refractivity contribution < 1.29 is 0 Å². The lowest BCUT2D eigenvalue weighted by Crippen LogP contribution is -1.85. The van der Waals surface area contributed by atoms with Gasteiger partial charge in [0.1, 0.15) is 0 Å². The molecule has 0 fully saturated rings.